The maximum absolute atomic E-state index is 15.9. The van der Waals surface area contributed by atoms with E-state index in [1.165, 1.54) is 17.2 Å². The van der Waals surface area contributed by atoms with Crippen molar-refractivity contribution in [3.8, 4) is 11.5 Å². The molecule has 0 spiro atoms. The summed E-state index contributed by atoms with van der Waals surface area (Å²) in [5.74, 6) is 1.08. The van der Waals surface area contributed by atoms with E-state index in [9.17, 15) is 9.90 Å². The van der Waals surface area contributed by atoms with E-state index in [0.717, 1.165) is 16.7 Å². The van der Waals surface area contributed by atoms with Gasteiger partial charge in [0, 0.05) is 5.92 Å². The fourth-order valence-electron chi connectivity index (χ4n) is 5.73. The molecule has 0 unspecified atom stereocenters. The molecular formula is C35H36FN5O6. The Balaban J connectivity index is 1.35. The fraction of sp³-hybridized carbons (Fsp3) is 0.314. The molecule has 0 bridgehead atoms. The Kier molecular flexibility index (Phi) is 9.17. The Labute approximate surface area is 271 Å². The van der Waals surface area contributed by atoms with E-state index in [4.69, 9.17) is 18.9 Å². The molecule has 6 rings (SSSR count). The molecule has 244 valence electrons. The van der Waals surface area contributed by atoms with Gasteiger partial charge >= 0.3 is 0 Å². The molecule has 47 heavy (non-hydrogen) atoms. The van der Waals surface area contributed by atoms with Crippen LogP contribution in [0, 0.1) is 5.92 Å². The number of halogens is 1. The number of carbonyl (C=O) groups is 1. The first kappa shape index (κ1) is 32.0. The first-order chi connectivity index (χ1) is 22.8. The number of anilines is 1. The standard InChI is InChI=1S/C35H36FN5O6/c1-21(2)33(43)40-31-27-18-39-41(32(27)38-20-37-31)34-29(36)30(42)28(47-34)19-46-35(22-8-6-5-7-9-22,23-10-14-25(44-3)15-11-23)24-12-16-26(45-4)17-13-24/h5-18,20-21,28-30,34,42H,19H2,1-4H3,(H,37,38,40,43)/t28-,29+,30-,34-/m1/s1. The van der Waals surface area contributed by atoms with Gasteiger partial charge in [0.15, 0.2) is 18.0 Å². The molecule has 0 aliphatic carbocycles. The molecule has 0 saturated carbocycles. The first-order valence-corrected chi connectivity index (χ1v) is 15.2. The number of carbonyl (C=O) groups excluding carboxylic acids is 1. The number of rotatable bonds is 11. The van der Waals surface area contributed by atoms with E-state index in [-0.39, 0.29) is 29.9 Å². The summed E-state index contributed by atoms with van der Waals surface area (Å²) in [4.78, 5) is 20.8. The number of methoxy groups -OCH3 is 2. The molecule has 1 amide bonds. The largest absolute Gasteiger partial charge is 0.497 e. The van der Waals surface area contributed by atoms with Gasteiger partial charge in [-0.3, -0.25) is 4.79 Å². The Morgan fingerprint density at radius 3 is 2.13 bits per heavy atom. The van der Waals surface area contributed by atoms with Gasteiger partial charge < -0.3 is 29.4 Å². The molecule has 1 fully saturated rings. The minimum atomic E-state index is -1.86. The van der Waals surface area contributed by atoms with Gasteiger partial charge in [-0.25, -0.2) is 19.0 Å². The van der Waals surface area contributed by atoms with Crippen molar-refractivity contribution in [2.45, 2.75) is 44.1 Å². The second-order valence-electron chi connectivity index (χ2n) is 11.5. The van der Waals surface area contributed by atoms with Crippen molar-refractivity contribution in [1.82, 2.24) is 19.7 Å². The van der Waals surface area contributed by atoms with E-state index < -0.39 is 30.2 Å². The number of hydrogen-bond donors (Lipinski definition) is 2. The van der Waals surface area contributed by atoms with Crippen molar-refractivity contribution in [3.63, 3.8) is 0 Å². The lowest BCUT2D eigenvalue weighted by atomic mass is 9.80. The first-order valence-electron chi connectivity index (χ1n) is 15.2. The lowest BCUT2D eigenvalue weighted by Crippen LogP contribution is -2.39. The van der Waals surface area contributed by atoms with Crippen LogP contribution >= 0.6 is 0 Å². The zero-order valence-corrected chi connectivity index (χ0v) is 26.4. The molecule has 2 N–H and O–H groups in total. The number of aromatic nitrogens is 4. The lowest BCUT2D eigenvalue weighted by Gasteiger charge is -2.37. The molecular weight excluding hydrogens is 605 g/mol. The molecule has 0 radical (unpaired) electrons. The van der Waals surface area contributed by atoms with Gasteiger partial charge in [0.25, 0.3) is 0 Å². The molecule has 4 atom stereocenters. The molecule has 1 saturated heterocycles. The van der Waals surface area contributed by atoms with E-state index >= 15 is 4.39 Å². The number of aliphatic hydroxyl groups is 1. The van der Waals surface area contributed by atoms with E-state index in [1.54, 1.807) is 28.1 Å². The number of fused-ring (bicyclic) bond motifs is 1. The number of aliphatic hydroxyl groups excluding tert-OH is 1. The Morgan fingerprint density at radius 2 is 1.55 bits per heavy atom. The van der Waals surface area contributed by atoms with Crippen LogP contribution in [0.15, 0.2) is 91.4 Å². The van der Waals surface area contributed by atoms with Crippen LogP contribution in [0.1, 0.15) is 36.8 Å². The normalized spacial score (nSPS) is 19.6. The predicted octanol–water partition coefficient (Wildman–Crippen LogP) is 5.04. The van der Waals surface area contributed by atoms with Gasteiger partial charge in [-0.1, -0.05) is 68.4 Å². The van der Waals surface area contributed by atoms with Crippen molar-refractivity contribution >= 4 is 22.8 Å². The van der Waals surface area contributed by atoms with Crippen LogP contribution in [0.4, 0.5) is 10.2 Å². The van der Waals surface area contributed by atoms with Crippen LogP contribution in [0.5, 0.6) is 11.5 Å². The van der Waals surface area contributed by atoms with Gasteiger partial charge in [0.2, 0.25) is 5.91 Å². The summed E-state index contributed by atoms with van der Waals surface area (Å²) in [5, 5.41) is 18.6. The molecule has 5 aromatic rings. The highest BCUT2D eigenvalue weighted by Crippen LogP contribution is 2.43. The summed E-state index contributed by atoms with van der Waals surface area (Å²) in [6.07, 6.45) is -3.09. The monoisotopic (exact) mass is 641 g/mol. The van der Waals surface area contributed by atoms with Crippen LogP contribution < -0.4 is 14.8 Å². The van der Waals surface area contributed by atoms with E-state index in [2.05, 4.69) is 20.4 Å². The number of benzene rings is 3. The lowest BCUT2D eigenvalue weighted by molar-refractivity contribution is -0.118. The van der Waals surface area contributed by atoms with Gasteiger partial charge in [-0.05, 0) is 41.0 Å². The van der Waals surface area contributed by atoms with Crippen LogP contribution in [-0.2, 0) is 19.9 Å². The molecule has 12 heteroatoms. The zero-order valence-electron chi connectivity index (χ0n) is 26.4. The number of amides is 1. The molecule has 3 heterocycles. The maximum Gasteiger partial charge on any atom is 0.228 e. The quantitative estimate of drug-likeness (QED) is 0.191. The van der Waals surface area contributed by atoms with Crippen molar-refractivity contribution in [2.75, 3.05) is 26.1 Å². The Morgan fingerprint density at radius 1 is 0.957 bits per heavy atom. The van der Waals surface area contributed by atoms with Gasteiger partial charge in [-0.15, -0.1) is 0 Å². The highest BCUT2D eigenvalue weighted by Gasteiger charge is 2.48. The number of nitrogens with one attached hydrogen (secondary N) is 1. The topological polar surface area (TPSA) is 130 Å². The Hall–Kier alpha value is -4.91. The third kappa shape index (κ3) is 6.02. The molecule has 2 aromatic heterocycles. The van der Waals surface area contributed by atoms with Crippen molar-refractivity contribution in [3.05, 3.63) is 108 Å². The average molecular weight is 642 g/mol. The van der Waals surface area contributed by atoms with Crippen LogP contribution in [0.2, 0.25) is 0 Å². The third-order valence-corrected chi connectivity index (χ3v) is 8.33. The summed E-state index contributed by atoms with van der Waals surface area (Å²) < 4.78 is 40.9. The molecule has 1 aliphatic heterocycles. The SMILES string of the molecule is COc1ccc(C(OC[C@H]2O[C@@H](n3ncc4c(NC(=O)C(C)C)ncnc43)[C@@H](F)[C@@H]2O)(c2ccccc2)c2ccc(OC)cc2)cc1. The number of hydrogen-bond acceptors (Lipinski definition) is 9. The second kappa shape index (κ2) is 13.4. The van der Waals surface area contributed by atoms with Crippen molar-refractivity contribution in [2.24, 2.45) is 5.92 Å². The van der Waals surface area contributed by atoms with Gasteiger partial charge in [0.05, 0.1) is 32.4 Å². The van der Waals surface area contributed by atoms with Gasteiger partial charge in [0.1, 0.15) is 41.5 Å². The number of alkyl halides is 1. The van der Waals surface area contributed by atoms with Crippen molar-refractivity contribution < 1.29 is 33.2 Å². The highest BCUT2D eigenvalue weighted by molar-refractivity contribution is 5.98. The molecule has 1 aliphatic rings. The van der Waals surface area contributed by atoms with Crippen LogP contribution in [-0.4, -0.2) is 70.0 Å². The zero-order chi connectivity index (χ0) is 33.1. The van der Waals surface area contributed by atoms with Crippen molar-refractivity contribution in [1.29, 1.82) is 0 Å². The number of nitrogens with zero attached hydrogens (tertiary/aromatic N) is 4. The summed E-state index contributed by atoms with van der Waals surface area (Å²) in [5.41, 5.74) is 1.42. The minimum absolute atomic E-state index is 0.186. The van der Waals surface area contributed by atoms with Crippen LogP contribution in [0.25, 0.3) is 11.0 Å². The predicted molar refractivity (Wildman–Crippen MR) is 172 cm³/mol. The smallest absolute Gasteiger partial charge is 0.228 e. The highest BCUT2D eigenvalue weighted by atomic mass is 19.1. The molecule has 3 aromatic carbocycles. The van der Waals surface area contributed by atoms with E-state index in [1.807, 2.05) is 78.9 Å². The maximum atomic E-state index is 15.9. The second-order valence-corrected chi connectivity index (χ2v) is 11.5. The number of ether oxygens (including phenoxy) is 4. The van der Waals surface area contributed by atoms with E-state index in [0.29, 0.717) is 16.9 Å². The summed E-state index contributed by atoms with van der Waals surface area (Å²) >= 11 is 0. The Bertz CT molecular complexity index is 1770. The van der Waals surface area contributed by atoms with Gasteiger partial charge in [-0.2, -0.15) is 5.10 Å². The average Bonchev–Trinajstić information content (AvgIpc) is 3.66. The summed E-state index contributed by atoms with van der Waals surface area (Å²) in [6, 6.07) is 24.7. The fourth-order valence-corrected chi connectivity index (χ4v) is 5.73. The molecule has 11 nitrogen and oxygen atoms in total. The van der Waals surface area contributed by atoms with Crippen LogP contribution in [0.3, 0.4) is 0 Å². The summed E-state index contributed by atoms with van der Waals surface area (Å²) in [6.45, 7) is 3.34. The third-order valence-electron chi connectivity index (χ3n) is 8.33. The summed E-state index contributed by atoms with van der Waals surface area (Å²) in [7, 11) is 3.19. The minimum Gasteiger partial charge on any atom is -0.497 e.